The van der Waals surface area contributed by atoms with Crippen molar-refractivity contribution in [1.82, 2.24) is 45.0 Å². The van der Waals surface area contributed by atoms with Gasteiger partial charge < -0.3 is 40.3 Å². The van der Waals surface area contributed by atoms with E-state index in [-0.39, 0.29) is 47.4 Å². The van der Waals surface area contributed by atoms with E-state index in [2.05, 4.69) is 40.0 Å². The Morgan fingerprint density at radius 3 is 2.05 bits per heavy atom. The van der Waals surface area contributed by atoms with Crippen LogP contribution in [0, 0.1) is 11.8 Å². The zero-order chi connectivity index (χ0) is 41.9. The van der Waals surface area contributed by atoms with Gasteiger partial charge in [-0.1, -0.05) is 52.0 Å². The first kappa shape index (κ1) is 41.6. The van der Waals surface area contributed by atoms with E-state index in [4.69, 9.17) is 10.5 Å². The number of carbonyl (C=O) groups excluding carboxylic acids is 4. The highest BCUT2D eigenvalue weighted by atomic mass is 19.4. The molecule has 5 heterocycles. The number of amides is 4. The van der Waals surface area contributed by atoms with Gasteiger partial charge in [-0.3, -0.25) is 9.59 Å². The van der Waals surface area contributed by atoms with Crippen molar-refractivity contribution >= 4 is 24.0 Å². The highest BCUT2D eigenvalue weighted by Gasteiger charge is 2.43. The number of nitrogens with zero attached hydrogens (tertiary/aromatic N) is 6. The number of hydrogen-bond donors (Lipinski definition) is 4. The quantitative estimate of drug-likeness (QED) is 0.128. The number of aromatic amines is 2. The summed E-state index contributed by atoms with van der Waals surface area (Å²) in [7, 11) is 1.18. The summed E-state index contributed by atoms with van der Waals surface area (Å²) in [5, 5.41) is 2.54. The van der Waals surface area contributed by atoms with Gasteiger partial charge in [0, 0.05) is 48.1 Å². The van der Waals surface area contributed by atoms with Crippen LogP contribution in [0.15, 0.2) is 42.9 Å². The molecule has 2 fully saturated rings. The van der Waals surface area contributed by atoms with Crippen LogP contribution in [0.5, 0.6) is 0 Å². The van der Waals surface area contributed by atoms with Crippen molar-refractivity contribution in [2.45, 2.75) is 90.2 Å². The highest BCUT2D eigenvalue weighted by molar-refractivity contribution is 5.86. The summed E-state index contributed by atoms with van der Waals surface area (Å²) in [5.74, 6) is -0.415. The Morgan fingerprint density at radius 2 is 1.48 bits per heavy atom. The van der Waals surface area contributed by atoms with Crippen molar-refractivity contribution in [3.05, 3.63) is 60.2 Å². The lowest BCUT2D eigenvalue weighted by Crippen LogP contribution is -2.51. The van der Waals surface area contributed by atoms with E-state index in [1.807, 2.05) is 13.8 Å². The summed E-state index contributed by atoms with van der Waals surface area (Å²) >= 11 is 0. The first-order chi connectivity index (χ1) is 27.6. The molecular weight excluding hydrogens is 761 g/mol. The molecular formula is C39H47F3N10O6. The van der Waals surface area contributed by atoms with Gasteiger partial charge in [0.15, 0.2) is 17.6 Å². The summed E-state index contributed by atoms with van der Waals surface area (Å²) in [6.07, 6.45) is 0.148. The second-order valence-corrected chi connectivity index (χ2v) is 14.9. The normalized spacial score (nSPS) is 18.6. The fourth-order valence-corrected chi connectivity index (χ4v) is 7.44. The zero-order valence-electron chi connectivity index (χ0n) is 32.8. The molecule has 310 valence electrons. The van der Waals surface area contributed by atoms with E-state index in [0.29, 0.717) is 60.7 Å². The second kappa shape index (κ2) is 17.2. The van der Waals surface area contributed by atoms with Gasteiger partial charge in [-0.2, -0.15) is 13.2 Å². The number of alkyl carbamates (subject to hydrolysis) is 1. The van der Waals surface area contributed by atoms with Gasteiger partial charge >= 0.3 is 18.4 Å². The number of alkyl halides is 3. The Balaban J connectivity index is 1.18. The first-order valence-corrected chi connectivity index (χ1v) is 19.2. The SMILES string of the molecule is CCC(C)[C@H](OC(N)=O)C(=O)N1CCC[C@H]1c1ncc(-c2cnc(-c3ccc(-c4[nH]c(C5CCCN5C(=O)[C@@H](NC(=O)OC)C(C)C)nc4C(F)(F)F)cc3)nc2)[nH]1. The molecule has 4 aromatic rings. The van der Waals surface area contributed by atoms with Crippen LogP contribution in [0.3, 0.4) is 0 Å². The van der Waals surface area contributed by atoms with Gasteiger partial charge in [-0.15, -0.1) is 0 Å². The molecule has 4 amide bonds. The van der Waals surface area contributed by atoms with Crippen LogP contribution in [0.2, 0.25) is 0 Å². The van der Waals surface area contributed by atoms with Crippen LogP contribution in [-0.4, -0.2) is 96.0 Å². The number of halogens is 3. The number of hydrogen-bond acceptors (Lipinski definition) is 10. The summed E-state index contributed by atoms with van der Waals surface area (Å²) in [5.41, 5.74) is 5.91. The largest absolute Gasteiger partial charge is 0.453 e. The second-order valence-electron chi connectivity index (χ2n) is 14.9. The van der Waals surface area contributed by atoms with Crippen molar-refractivity contribution in [1.29, 1.82) is 0 Å². The summed E-state index contributed by atoms with van der Waals surface area (Å²) in [6, 6.07) is 4.19. The van der Waals surface area contributed by atoms with Crippen molar-refractivity contribution < 1.29 is 41.8 Å². The standard InChI is InChI=1S/C39H47F3N10O6/c1-6-21(4)30(58-37(43)55)36(54)52-16-7-9-26(52)33-46-19-25(47-33)24-17-44-32(45-18-24)23-13-11-22(12-14-23)29-31(39(40,41)42)50-34(48-29)27-10-8-15-51(27)35(53)28(20(2)3)49-38(56)57-5/h11-14,17-21,26-28,30H,6-10,15-16H2,1-5H3,(H2,43,55)(H,46,47)(H,48,50)(H,49,56)/t21?,26-,27?,28-,30-/m0/s1. The van der Waals surface area contributed by atoms with Crippen molar-refractivity contribution in [2.24, 2.45) is 17.6 Å². The number of aromatic nitrogens is 6. The third kappa shape index (κ3) is 8.77. The lowest BCUT2D eigenvalue weighted by atomic mass is 10.00. The third-order valence-corrected chi connectivity index (χ3v) is 10.7. The molecule has 0 bridgehead atoms. The molecule has 58 heavy (non-hydrogen) atoms. The van der Waals surface area contributed by atoms with Gasteiger partial charge in [0.05, 0.1) is 36.8 Å². The number of H-pyrrole nitrogens is 2. The Hall–Kier alpha value is -6.01. The number of nitrogens with two attached hydrogens (primary N) is 1. The molecule has 3 aromatic heterocycles. The fraction of sp³-hybridized carbons (Fsp3) is 0.487. The fourth-order valence-electron chi connectivity index (χ4n) is 7.44. The Labute approximate surface area is 332 Å². The molecule has 2 aliphatic rings. The van der Waals surface area contributed by atoms with E-state index in [1.54, 1.807) is 49.5 Å². The Morgan fingerprint density at radius 1 is 0.879 bits per heavy atom. The number of imidazole rings is 2. The average Bonchev–Trinajstić information content (AvgIpc) is 4.04. The maximum Gasteiger partial charge on any atom is 0.435 e. The predicted molar refractivity (Wildman–Crippen MR) is 203 cm³/mol. The van der Waals surface area contributed by atoms with E-state index in [0.717, 1.165) is 6.42 Å². The van der Waals surface area contributed by atoms with Gasteiger partial charge in [0.1, 0.15) is 17.7 Å². The third-order valence-electron chi connectivity index (χ3n) is 10.7. The number of benzene rings is 1. The van der Waals surface area contributed by atoms with Crippen LogP contribution in [-0.2, 0) is 25.2 Å². The van der Waals surface area contributed by atoms with E-state index in [1.165, 1.54) is 24.1 Å². The molecule has 2 saturated heterocycles. The smallest absolute Gasteiger partial charge is 0.435 e. The van der Waals surface area contributed by atoms with Crippen molar-refractivity contribution in [2.75, 3.05) is 20.2 Å². The maximum atomic E-state index is 14.4. The van der Waals surface area contributed by atoms with Gasteiger partial charge in [0.25, 0.3) is 5.91 Å². The summed E-state index contributed by atoms with van der Waals surface area (Å²) in [6.45, 7) is 7.99. The molecule has 1 aromatic carbocycles. The average molecular weight is 809 g/mol. The lowest BCUT2D eigenvalue weighted by molar-refractivity contribution is -0.144. The van der Waals surface area contributed by atoms with Gasteiger partial charge in [-0.25, -0.2) is 29.5 Å². The van der Waals surface area contributed by atoms with Crippen LogP contribution in [0.1, 0.15) is 89.2 Å². The summed E-state index contributed by atoms with van der Waals surface area (Å²) in [4.78, 5) is 77.3. The number of carbonyl (C=O) groups is 4. The van der Waals surface area contributed by atoms with Crippen LogP contribution in [0.4, 0.5) is 22.8 Å². The molecule has 0 aliphatic carbocycles. The zero-order valence-corrected chi connectivity index (χ0v) is 32.8. The van der Waals surface area contributed by atoms with Crippen LogP contribution in [0.25, 0.3) is 33.9 Å². The highest BCUT2D eigenvalue weighted by Crippen LogP contribution is 2.40. The molecule has 0 radical (unpaired) electrons. The van der Waals surface area contributed by atoms with E-state index in [9.17, 15) is 32.3 Å². The minimum atomic E-state index is -4.80. The number of likely N-dealkylation sites (tertiary alicyclic amines) is 2. The van der Waals surface area contributed by atoms with Crippen LogP contribution < -0.4 is 11.1 Å². The monoisotopic (exact) mass is 808 g/mol. The first-order valence-electron chi connectivity index (χ1n) is 19.2. The minimum Gasteiger partial charge on any atom is -0.453 e. The van der Waals surface area contributed by atoms with Crippen molar-refractivity contribution in [3.8, 4) is 33.9 Å². The number of ether oxygens (including phenoxy) is 2. The maximum absolute atomic E-state index is 14.4. The number of methoxy groups -OCH3 is 1. The molecule has 0 spiro atoms. The minimum absolute atomic E-state index is 0.00154. The Kier molecular flexibility index (Phi) is 12.4. The molecule has 0 saturated carbocycles. The number of primary amides is 1. The lowest BCUT2D eigenvalue weighted by Gasteiger charge is -2.30. The molecule has 2 aliphatic heterocycles. The van der Waals surface area contributed by atoms with Gasteiger partial charge in [-0.05, 0) is 38.0 Å². The summed E-state index contributed by atoms with van der Waals surface area (Å²) < 4.78 is 53.1. The number of nitrogens with one attached hydrogen (secondary N) is 3. The predicted octanol–water partition coefficient (Wildman–Crippen LogP) is 6.16. The Bertz CT molecular complexity index is 2100. The molecule has 19 heteroatoms. The molecule has 16 nitrogen and oxygen atoms in total. The molecule has 5 N–H and O–H groups in total. The number of rotatable bonds is 12. The van der Waals surface area contributed by atoms with Crippen molar-refractivity contribution in [3.63, 3.8) is 0 Å². The molecule has 5 atom stereocenters. The van der Waals surface area contributed by atoms with Gasteiger partial charge in [0.2, 0.25) is 5.91 Å². The van der Waals surface area contributed by atoms with Crippen LogP contribution >= 0.6 is 0 Å². The van der Waals surface area contributed by atoms with E-state index >= 15 is 0 Å². The topological polar surface area (TPSA) is 214 Å². The molecule has 6 rings (SSSR count). The molecule has 2 unspecified atom stereocenters. The van der Waals surface area contributed by atoms with E-state index < -0.39 is 48.2 Å².